The zero-order valence-electron chi connectivity index (χ0n) is 15.3. The third-order valence-corrected chi connectivity index (χ3v) is 5.46. The Balaban J connectivity index is 2.38. The van der Waals surface area contributed by atoms with Gasteiger partial charge in [0.15, 0.2) is 5.16 Å². The van der Waals surface area contributed by atoms with Gasteiger partial charge in [-0.15, -0.1) is 0 Å². The number of nitrogen functional groups attached to an aromatic ring is 1. The van der Waals surface area contributed by atoms with Gasteiger partial charge in [-0.05, 0) is 30.0 Å². The predicted molar refractivity (Wildman–Crippen MR) is 108 cm³/mol. The van der Waals surface area contributed by atoms with E-state index in [1.165, 1.54) is 0 Å². The number of amides is 3. The van der Waals surface area contributed by atoms with Crippen molar-refractivity contribution in [3.05, 3.63) is 35.0 Å². The molecule has 0 fully saturated rings. The number of urea groups is 1. The molecular formula is C18H22ClN5O2S. The molecular weight excluding hydrogens is 386 g/mol. The van der Waals surface area contributed by atoms with Crippen molar-refractivity contribution in [1.29, 1.82) is 0 Å². The van der Waals surface area contributed by atoms with Crippen LogP contribution in [0.2, 0.25) is 5.02 Å². The molecule has 2 rings (SSSR count). The average Bonchev–Trinajstić information content (AvgIpc) is 2.59. The van der Waals surface area contributed by atoms with E-state index in [1.54, 1.807) is 12.1 Å². The highest BCUT2D eigenvalue weighted by molar-refractivity contribution is 8.00. The summed E-state index contributed by atoms with van der Waals surface area (Å²) in [6.45, 7) is 5.70. The standard InChI is InChI=1S/C18H22ClN5O2S/c1-4-12-13(10-5-7-11(19)8-6-10)15(20)23-18(22-12)27-14(9(2)3)16(25)24-17(21)26/h5-9,14H,4H2,1-3H3,(H2,20,22,23)(H3,21,24,25,26). The highest BCUT2D eigenvalue weighted by Gasteiger charge is 2.26. The first-order chi connectivity index (χ1) is 12.7. The molecule has 0 spiro atoms. The van der Waals surface area contributed by atoms with Crippen molar-refractivity contribution in [2.75, 3.05) is 5.73 Å². The second-order valence-corrected chi connectivity index (χ2v) is 7.75. The number of imide groups is 1. The quantitative estimate of drug-likeness (QED) is 0.498. The van der Waals surface area contributed by atoms with Crippen LogP contribution < -0.4 is 16.8 Å². The molecule has 0 saturated heterocycles. The van der Waals surface area contributed by atoms with Crippen LogP contribution in [0.1, 0.15) is 26.5 Å². The number of nitrogens with two attached hydrogens (primary N) is 2. The number of hydrogen-bond acceptors (Lipinski definition) is 6. The summed E-state index contributed by atoms with van der Waals surface area (Å²) in [6.07, 6.45) is 0.637. The van der Waals surface area contributed by atoms with Crippen LogP contribution in [0, 0.1) is 5.92 Å². The van der Waals surface area contributed by atoms with E-state index in [4.69, 9.17) is 23.1 Å². The van der Waals surface area contributed by atoms with Crippen LogP contribution in [-0.4, -0.2) is 27.2 Å². The van der Waals surface area contributed by atoms with Crippen molar-refractivity contribution in [1.82, 2.24) is 15.3 Å². The Morgan fingerprint density at radius 1 is 1.22 bits per heavy atom. The molecule has 0 saturated carbocycles. The van der Waals surface area contributed by atoms with Crippen molar-refractivity contribution in [3.8, 4) is 11.1 Å². The highest BCUT2D eigenvalue weighted by Crippen LogP contribution is 2.33. The third kappa shape index (κ3) is 5.33. The molecule has 1 unspecified atom stereocenters. The molecule has 0 aliphatic heterocycles. The van der Waals surface area contributed by atoms with Crippen molar-refractivity contribution < 1.29 is 9.59 Å². The highest BCUT2D eigenvalue weighted by atomic mass is 35.5. The van der Waals surface area contributed by atoms with E-state index >= 15 is 0 Å². The van der Waals surface area contributed by atoms with Crippen molar-refractivity contribution in [3.63, 3.8) is 0 Å². The Kier molecular flexibility index (Phi) is 7.04. The fourth-order valence-corrected chi connectivity index (χ4v) is 3.65. The first-order valence-electron chi connectivity index (χ1n) is 8.42. The number of aromatic nitrogens is 2. The summed E-state index contributed by atoms with van der Waals surface area (Å²) >= 11 is 7.11. The molecule has 0 bridgehead atoms. The molecule has 0 aliphatic rings. The van der Waals surface area contributed by atoms with Gasteiger partial charge >= 0.3 is 6.03 Å². The number of nitrogens with zero attached hydrogens (tertiary/aromatic N) is 2. The van der Waals surface area contributed by atoms with Crippen molar-refractivity contribution in [2.24, 2.45) is 11.7 Å². The topological polar surface area (TPSA) is 124 Å². The number of thioether (sulfide) groups is 1. The van der Waals surface area contributed by atoms with Crippen LogP contribution in [0.3, 0.4) is 0 Å². The number of rotatable bonds is 6. The van der Waals surface area contributed by atoms with Gasteiger partial charge < -0.3 is 11.5 Å². The number of hydrogen-bond donors (Lipinski definition) is 3. The maximum atomic E-state index is 12.2. The monoisotopic (exact) mass is 407 g/mol. The number of carbonyl (C=O) groups is 2. The van der Waals surface area contributed by atoms with Crippen LogP contribution in [0.25, 0.3) is 11.1 Å². The minimum absolute atomic E-state index is 0.0693. The van der Waals surface area contributed by atoms with E-state index in [9.17, 15) is 9.59 Å². The van der Waals surface area contributed by atoms with Crippen LogP contribution in [0.5, 0.6) is 0 Å². The fraction of sp³-hybridized carbons (Fsp3) is 0.333. The van der Waals surface area contributed by atoms with Gasteiger partial charge in [0.25, 0.3) is 0 Å². The number of primary amides is 1. The molecule has 2 aromatic rings. The number of aryl methyl sites for hydroxylation is 1. The molecule has 1 heterocycles. The smallest absolute Gasteiger partial charge is 0.318 e. The summed E-state index contributed by atoms with van der Waals surface area (Å²) in [7, 11) is 0. The SMILES string of the molecule is CCc1nc(SC(C(=O)NC(N)=O)C(C)C)nc(N)c1-c1ccc(Cl)cc1. The molecule has 144 valence electrons. The summed E-state index contributed by atoms with van der Waals surface area (Å²) in [5, 5.41) is 2.53. The Morgan fingerprint density at radius 3 is 2.37 bits per heavy atom. The van der Waals surface area contributed by atoms with E-state index in [0.717, 1.165) is 28.6 Å². The van der Waals surface area contributed by atoms with E-state index in [2.05, 4.69) is 15.3 Å². The largest absolute Gasteiger partial charge is 0.383 e. The first kappa shape index (κ1) is 21.0. The van der Waals surface area contributed by atoms with Gasteiger partial charge in [-0.25, -0.2) is 14.8 Å². The lowest BCUT2D eigenvalue weighted by Crippen LogP contribution is -2.42. The summed E-state index contributed by atoms with van der Waals surface area (Å²) in [5.41, 5.74) is 13.6. The molecule has 1 atom stereocenters. The van der Waals surface area contributed by atoms with Gasteiger partial charge in [0.1, 0.15) is 5.82 Å². The molecule has 1 aromatic heterocycles. The second kappa shape index (κ2) is 9.05. The summed E-state index contributed by atoms with van der Waals surface area (Å²) < 4.78 is 0. The molecule has 0 aliphatic carbocycles. The van der Waals surface area contributed by atoms with Gasteiger partial charge in [-0.2, -0.15) is 0 Å². The number of carbonyl (C=O) groups excluding carboxylic acids is 2. The Labute approximate surface area is 167 Å². The Bertz CT molecular complexity index is 842. The van der Waals surface area contributed by atoms with E-state index in [1.807, 2.05) is 32.9 Å². The van der Waals surface area contributed by atoms with E-state index in [0.29, 0.717) is 22.4 Å². The molecule has 7 nitrogen and oxygen atoms in total. The lowest BCUT2D eigenvalue weighted by molar-refractivity contribution is -0.120. The van der Waals surface area contributed by atoms with Gasteiger partial charge in [0.05, 0.1) is 10.9 Å². The zero-order chi connectivity index (χ0) is 20.1. The number of benzene rings is 1. The number of nitrogens with one attached hydrogen (secondary N) is 1. The van der Waals surface area contributed by atoms with E-state index in [-0.39, 0.29) is 5.92 Å². The summed E-state index contributed by atoms with van der Waals surface area (Å²) in [4.78, 5) is 32.2. The summed E-state index contributed by atoms with van der Waals surface area (Å²) in [6, 6.07) is 6.39. The minimum Gasteiger partial charge on any atom is -0.383 e. The van der Waals surface area contributed by atoms with Crippen LogP contribution in [0.15, 0.2) is 29.4 Å². The molecule has 3 amide bonds. The van der Waals surface area contributed by atoms with Gasteiger partial charge in [-0.1, -0.05) is 56.3 Å². The third-order valence-electron chi connectivity index (χ3n) is 3.80. The summed E-state index contributed by atoms with van der Waals surface area (Å²) in [5.74, 6) is -0.228. The minimum atomic E-state index is -0.890. The van der Waals surface area contributed by atoms with Crippen molar-refractivity contribution in [2.45, 2.75) is 37.6 Å². The lowest BCUT2D eigenvalue weighted by Gasteiger charge is -2.19. The maximum absolute atomic E-state index is 12.2. The molecule has 9 heteroatoms. The predicted octanol–water partition coefficient (Wildman–Crippen LogP) is 3.25. The van der Waals surface area contributed by atoms with Crippen LogP contribution >= 0.6 is 23.4 Å². The van der Waals surface area contributed by atoms with Gasteiger partial charge in [0.2, 0.25) is 5.91 Å². The van der Waals surface area contributed by atoms with Gasteiger partial charge in [0, 0.05) is 10.6 Å². The van der Waals surface area contributed by atoms with Crippen LogP contribution in [0.4, 0.5) is 10.6 Å². The second-order valence-electron chi connectivity index (χ2n) is 6.21. The fourth-order valence-electron chi connectivity index (χ4n) is 2.54. The molecule has 0 radical (unpaired) electrons. The molecule has 5 N–H and O–H groups in total. The lowest BCUT2D eigenvalue weighted by atomic mass is 10.0. The van der Waals surface area contributed by atoms with Crippen molar-refractivity contribution >= 4 is 41.1 Å². The molecule has 1 aromatic carbocycles. The maximum Gasteiger partial charge on any atom is 0.318 e. The number of anilines is 1. The van der Waals surface area contributed by atoms with Gasteiger partial charge in [-0.3, -0.25) is 10.1 Å². The average molecular weight is 408 g/mol. The normalized spacial score (nSPS) is 12.0. The Morgan fingerprint density at radius 2 is 1.85 bits per heavy atom. The van der Waals surface area contributed by atoms with E-state index < -0.39 is 17.2 Å². The molecule has 27 heavy (non-hydrogen) atoms. The van der Waals surface area contributed by atoms with Crippen LogP contribution in [-0.2, 0) is 11.2 Å². The first-order valence-corrected chi connectivity index (χ1v) is 9.68. The number of halogens is 1. The zero-order valence-corrected chi connectivity index (χ0v) is 16.9. The Hall–Kier alpha value is -2.32.